The average Bonchev–Trinajstić information content (AvgIpc) is 2.46. The fraction of sp³-hybridized carbons (Fsp3) is 1.00. The molecule has 1 rings (SSSR count). The van der Waals surface area contributed by atoms with Crippen LogP contribution in [0.4, 0.5) is 0 Å². The zero-order valence-corrected chi connectivity index (χ0v) is 6.89. The van der Waals surface area contributed by atoms with Crippen LogP contribution in [0.15, 0.2) is 0 Å². The van der Waals surface area contributed by atoms with Gasteiger partial charge in [0, 0.05) is 12.8 Å². The number of hydrogen-bond donors (Lipinski definition) is 1. The van der Waals surface area contributed by atoms with Crippen molar-refractivity contribution in [2.45, 2.75) is 18.1 Å². The minimum atomic E-state index is -2.88. The molecule has 2 N–H and O–H groups in total. The number of hydrogen-bond acceptors (Lipinski definition) is 3. The molecule has 0 spiro atoms. The lowest BCUT2D eigenvalue weighted by atomic mass is 10.3. The highest BCUT2D eigenvalue weighted by Gasteiger charge is 2.36. The predicted molar refractivity (Wildman–Crippen MR) is 40.4 cm³/mol. The monoisotopic (exact) mass is 163 g/mol. The average molecular weight is 163 g/mol. The minimum Gasteiger partial charge on any atom is -0.329 e. The largest absolute Gasteiger partial charge is 0.329 e. The Kier molecular flexibility index (Phi) is 2.01. The quantitative estimate of drug-likeness (QED) is 0.625. The Bertz CT molecular complexity index is 206. The van der Waals surface area contributed by atoms with Crippen LogP contribution in [0.5, 0.6) is 0 Å². The fourth-order valence-corrected chi connectivity index (χ4v) is 2.51. The molecule has 0 bridgehead atoms. The SMILES string of the molecule is CS(=O)(=O)C(CN)C1CC1. The van der Waals surface area contributed by atoms with Gasteiger partial charge in [-0.05, 0) is 18.8 Å². The van der Waals surface area contributed by atoms with Crippen molar-refractivity contribution in [2.75, 3.05) is 12.8 Å². The second kappa shape index (κ2) is 2.51. The second-order valence-electron chi connectivity index (χ2n) is 2.94. The van der Waals surface area contributed by atoms with Gasteiger partial charge in [0.1, 0.15) is 0 Å². The highest BCUT2D eigenvalue weighted by Crippen LogP contribution is 2.35. The molecule has 1 unspecified atom stereocenters. The Hall–Kier alpha value is -0.0900. The molecule has 0 aromatic heterocycles. The summed E-state index contributed by atoms with van der Waals surface area (Å²) in [5.74, 6) is 0.361. The van der Waals surface area contributed by atoms with Crippen LogP contribution < -0.4 is 5.73 Å². The van der Waals surface area contributed by atoms with Crippen LogP contribution >= 0.6 is 0 Å². The molecule has 0 heterocycles. The van der Waals surface area contributed by atoms with Crippen molar-refractivity contribution in [1.29, 1.82) is 0 Å². The van der Waals surface area contributed by atoms with Gasteiger partial charge in [0.05, 0.1) is 5.25 Å². The third-order valence-corrected chi connectivity index (χ3v) is 3.61. The lowest BCUT2D eigenvalue weighted by molar-refractivity contribution is 0.573. The smallest absolute Gasteiger partial charge is 0.151 e. The summed E-state index contributed by atoms with van der Waals surface area (Å²) in [4.78, 5) is 0. The van der Waals surface area contributed by atoms with Gasteiger partial charge in [-0.1, -0.05) is 0 Å². The van der Waals surface area contributed by atoms with Crippen LogP contribution in [0.2, 0.25) is 0 Å². The van der Waals surface area contributed by atoms with Crippen LogP contribution in [0.3, 0.4) is 0 Å². The maximum absolute atomic E-state index is 11.0. The van der Waals surface area contributed by atoms with Crippen molar-refractivity contribution >= 4 is 9.84 Å². The van der Waals surface area contributed by atoms with Crippen molar-refractivity contribution in [3.63, 3.8) is 0 Å². The molecule has 0 saturated heterocycles. The normalized spacial score (nSPS) is 22.6. The molecule has 1 aliphatic rings. The highest BCUT2D eigenvalue weighted by atomic mass is 32.2. The van der Waals surface area contributed by atoms with Crippen LogP contribution in [-0.4, -0.2) is 26.5 Å². The molecule has 60 valence electrons. The Morgan fingerprint density at radius 2 is 2.10 bits per heavy atom. The maximum Gasteiger partial charge on any atom is 0.151 e. The van der Waals surface area contributed by atoms with Gasteiger partial charge in [-0.3, -0.25) is 0 Å². The van der Waals surface area contributed by atoms with E-state index >= 15 is 0 Å². The summed E-state index contributed by atoms with van der Waals surface area (Å²) < 4.78 is 21.9. The summed E-state index contributed by atoms with van der Waals surface area (Å²) >= 11 is 0. The van der Waals surface area contributed by atoms with Gasteiger partial charge in [0.15, 0.2) is 9.84 Å². The first-order valence-electron chi connectivity index (χ1n) is 3.44. The summed E-state index contributed by atoms with van der Waals surface area (Å²) in [6.07, 6.45) is 3.34. The van der Waals surface area contributed by atoms with Crippen molar-refractivity contribution in [3.05, 3.63) is 0 Å². The van der Waals surface area contributed by atoms with Gasteiger partial charge in [-0.2, -0.15) is 0 Å². The van der Waals surface area contributed by atoms with Crippen LogP contribution in [-0.2, 0) is 9.84 Å². The summed E-state index contributed by atoms with van der Waals surface area (Å²) in [5, 5.41) is -0.271. The van der Waals surface area contributed by atoms with E-state index in [0.717, 1.165) is 12.8 Å². The summed E-state index contributed by atoms with van der Waals surface area (Å²) in [7, 11) is -2.88. The van der Waals surface area contributed by atoms with Gasteiger partial charge >= 0.3 is 0 Å². The number of sulfone groups is 1. The molecule has 0 amide bonds. The molecule has 0 aliphatic heterocycles. The van der Waals surface area contributed by atoms with Crippen molar-refractivity contribution in [3.8, 4) is 0 Å². The Morgan fingerprint density at radius 3 is 2.20 bits per heavy atom. The molecule has 0 aromatic rings. The highest BCUT2D eigenvalue weighted by molar-refractivity contribution is 7.91. The van der Waals surface area contributed by atoms with E-state index in [9.17, 15) is 8.42 Å². The number of nitrogens with two attached hydrogens (primary N) is 1. The van der Waals surface area contributed by atoms with Gasteiger partial charge in [-0.15, -0.1) is 0 Å². The predicted octanol–water partition coefficient (Wildman–Crippen LogP) is -0.232. The lowest BCUT2D eigenvalue weighted by Crippen LogP contribution is -2.30. The Balaban J connectivity index is 2.64. The van der Waals surface area contributed by atoms with E-state index in [-0.39, 0.29) is 11.8 Å². The number of rotatable bonds is 3. The van der Waals surface area contributed by atoms with E-state index in [4.69, 9.17) is 5.73 Å². The summed E-state index contributed by atoms with van der Waals surface area (Å²) in [5.41, 5.74) is 5.32. The first-order chi connectivity index (χ1) is 4.55. The van der Waals surface area contributed by atoms with E-state index in [0.29, 0.717) is 5.92 Å². The molecule has 3 nitrogen and oxygen atoms in total. The Morgan fingerprint density at radius 1 is 1.60 bits per heavy atom. The molecule has 1 aliphatic carbocycles. The Labute approximate surface area is 61.5 Å². The topological polar surface area (TPSA) is 60.2 Å². The van der Waals surface area contributed by atoms with E-state index in [1.807, 2.05) is 0 Å². The van der Waals surface area contributed by atoms with Gasteiger partial charge < -0.3 is 5.73 Å². The molecular weight excluding hydrogens is 150 g/mol. The second-order valence-corrected chi connectivity index (χ2v) is 5.21. The first kappa shape index (κ1) is 8.01. The summed E-state index contributed by atoms with van der Waals surface area (Å²) in [6.45, 7) is 0.281. The third-order valence-electron chi connectivity index (χ3n) is 1.93. The van der Waals surface area contributed by atoms with E-state index in [1.54, 1.807) is 0 Å². The lowest BCUT2D eigenvalue weighted by Gasteiger charge is -2.09. The van der Waals surface area contributed by atoms with Crippen molar-refractivity contribution < 1.29 is 8.42 Å². The third kappa shape index (κ3) is 1.70. The van der Waals surface area contributed by atoms with E-state index in [2.05, 4.69) is 0 Å². The van der Waals surface area contributed by atoms with E-state index in [1.165, 1.54) is 6.26 Å². The zero-order chi connectivity index (χ0) is 7.78. The van der Waals surface area contributed by atoms with Gasteiger partial charge in [0.25, 0.3) is 0 Å². The molecule has 1 saturated carbocycles. The molecule has 1 atom stereocenters. The van der Waals surface area contributed by atoms with Crippen molar-refractivity contribution in [2.24, 2.45) is 11.7 Å². The van der Waals surface area contributed by atoms with Crippen LogP contribution in [0, 0.1) is 5.92 Å². The molecular formula is C6H13NO2S. The van der Waals surface area contributed by atoms with Crippen LogP contribution in [0.25, 0.3) is 0 Å². The molecule has 1 fully saturated rings. The standard InChI is InChI=1S/C6H13NO2S/c1-10(8,9)6(4-7)5-2-3-5/h5-6H,2-4,7H2,1H3. The van der Waals surface area contributed by atoms with Gasteiger partial charge in [0.2, 0.25) is 0 Å². The van der Waals surface area contributed by atoms with Gasteiger partial charge in [-0.25, -0.2) is 8.42 Å². The molecule has 0 radical (unpaired) electrons. The fourth-order valence-electron chi connectivity index (χ4n) is 1.18. The summed E-state index contributed by atoms with van der Waals surface area (Å²) in [6, 6.07) is 0. The zero-order valence-electron chi connectivity index (χ0n) is 6.08. The molecule has 10 heavy (non-hydrogen) atoms. The molecule has 4 heteroatoms. The maximum atomic E-state index is 11.0. The minimum absolute atomic E-state index is 0.271. The van der Waals surface area contributed by atoms with E-state index < -0.39 is 9.84 Å². The molecule has 0 aromatic carbocycles. The first-order valence-corrected chi connectivity index (χ1v) is 5.40. The van der Waals surface area contributed by atoms with Crippen LogP contribution in [0.1, 0.15) is 12.8 Å². The van der Waals surface area contributed by atoms with Crippen molar-refractivity contribution in [1.82, 2.24) is 0 Å².